The average Bonchev–Trinajstić information content (AvgIpc) is 2.30. The Morgan fingerprint density at radius 3 is 2.09 bits per heavy atom. The summed E-state index contributed by atoms with van der Waals surface area (Å²) in [6, 6.07) is -0.537. The van der Waals surface area contributed by atoms with Gasteiger partial charge in [-0.3, -0.25) is 0 Å². The van der Waals surface area contributed by atoms with Crippen LogP contribution in [0.25, 0.3) is 0 Å². The zero-order valence-corrected chi connectivity index (χ0v) is 6.56. The highest BCUT2D eigenvalue weighted by atomic mass is 16.8. The molecule has 1 fully saturated rings. The third-order valence-electron chi connectivity index (χ3n) is 1.72. The van der Waals surface area contributed by atoms with Gasteiger partial charge in [0.1, 0.15) is 6.10 Å². The standard InChI is InChI=1S/C6H13NO4/c1-9-5-3(7)4(8)6(10-2)11-5/h3-6,8H,7H2,1-2H3. The third kappa shape index (κ3) is 1.52. The van der Waals surface area contributed by atoms with Crippen LogP contribution in [0.3, 0.4) is 0 Å². The Morgan fingerprint density at radius 2 is 1.82 bits per heavy atom. The Hall–Kier alpha value is -0.200. The minimum absolute atomic E-state index is 0.537. The van der Waals surface area contributed by atoms with Crippen LogP contribution >= 0.6 is 0 Å². The Balaban J connectivity index is 2.53. The highest BCUT2D eigenvalue weighted by Crippen LogP contribution is 2.19. The molecule has 0 bridgehead atoms. The molecule has 0 aliphatic carbocycles. The molecule has 0 saturated carbocycles. The van der Waals surface area contributed by atoms with Gasteiger partial charge >= 0.3 is 0 Å². The summed E-state index contributed by atoms with van der Waals surface area (Å²) in [5.74, 6) is 0. The van der Waals surface area contributed by atoms with E-state index in [2.05, 4.69) is 0 Å². The molecule has 0 amide bonds. The Morgan fingerprint density at radius 1 is 1.27 bits per heavy atom. The first kappa shape index (κ1) is 8.89. The number of hydrogen-bond donors (Lipinski definition) is 2. The Bertz CT molecular complexity index is 114. The second-order valence-corrected chi connectivity index (χ2v) is 2.41. The van der Waals surface area contributed by atoms with Gasteiger partial charge in [-0.25, -0.2) is 0 Å². The molecule has 1 aliphatic rings. The van der Waals surface area contributed by atoms with Crippen molar-refractivity contribution in [1.82, 2.24) is 0 Å². The molecule has 3 N–H and O–H groups in total. The van der Waals surface area contributed by atoms with Gasteiger partial charge in [0.2, 0.25) is 0 Å². The molecule has 5 nitrogen and oxygen atoms in total. The fourth-order valence-corrected chi connectivity index (χ4v) is 1.05. The highest BCUT2D eigenvalue weighted by molar-refractivity contribution is 4.84. The normalized spacial score (nSPS) is 44.7. The van der Waals surface area contributed by atoms with Gasteiger partial charge in [-0.15, -0.1) is 0 Å². The number of nitrogens with two attached hydrogens (primary N) is 1. The van der Waals surface area contributed by atoms with Crippen molar-refractivity contribution < 1.29 is 19.3 Å². The fraction of sp³-hybridized carbons (Fsp3) is 1.00. The summed E-state index contributed by atoms with van der Waals surface area (Å²) in [5.41, 5.74) is 5.52. The largest absolute Gasteiger partial charge is 0.386 e. The predicted octanol–water partition coefficient (Wildman–Crippen LogP) is -1.35. The monoisotopic (exact) mass is 163 g/mol. The first-order valence-corrected chi connectivity index (χ1v) is 3.35. The lowest BCUT2D eigenvalue weighted by Crippen LogP contribution is -2.41. The second-order valence-electron chi connectivity index (χ2n) is 2.41. The van der Waals surface area contributed by atoms with Gasteiger partial charge in [0.15, 0.2) is 12.6 Å². The molecule has 1 heterocycles. The zero-order chi connectivity index (χ0) is 8.43. The Labute approximate surface area is 65.0 Å². The molecular formula is C6H13NO4. The van der Waals surface area contributed by atoms with Gasteiger partial charge in [0, 0.05) is 14.2 Å². The predicted molar refractivity (Wildman–Crippen MR) is 36.7 cm³/mol. The summed E-state index contributed by atoms with van der Waals surface area (Å²) in [6.07, 6.45) is -2.06. The van der Waals surface area contributed by atoms with Crippen molar-refractivity contribution in [3.8, 4) is 0 Å². The van der Waals surface area contributed by atoms with Gasteiger partial charge in [-0.1, -0.05) is 0 Å². The smallest absolute Gasteiger partial charge is 0.187 e. The van der Waals surface area contributed by atoms with Gasteiger partial charge in [-0.2, -0.15) is 0 Å². The SMILES string of the molecule is COC1OC(OC)C(O)C1N. The maximum Gasteiger partial charge on any atom is 0.187 e. The molecular weight excluding hydrogens is 150 g/mol. The first-order valence-electron chi connectivity index (χ1n) is 3.35. The van der Waals surface area contributed by atoms with Crippen molar-refractivity contribution in [2.45, 2.75) is 24.7 Å². The summed E-state index contributed by atoms with van der Waals surface area (Å²) in [5, 5.41) is 9.30. The number of aliphatic hydroxyl groups is 1. The van der Waals surface area contributed by atoms with Crippen molar-refractivity contribution in [2.24, 2.45) is 5.73 Å². The first-order chi connectivity index (χ1) is 5.20. The van der Waals surface area contributed by atoms with E-state index in [1.165, 1.54) is 14.2 Å². The minimum atomic E-state index is -0.815. The number of rotatable bonds is 2. The molecule has 11 heavy (non-hydrogen) atoms. The molecule has 0 spiro atoms. The number of aliphatic hydroxyl groups excluding tert-OH is 1. The van der Waals surface area contributed by atoms with Gasteiger partial charge < -0.3 is 25.1 Å². The van der Waals surface area contributed by atoms with Crippen LogP contribution in [0.1, 0.15) is 0 Å². The molecule has 0 aromatic carbocycles. The van der Waals surface area contributed by atoms with Crippen LogP contribution in [0.15, 0.2) is 0 Å². The molecule has 0 aromatic heterocycles. The van der Waals surface area contributed by atoms with Crippen molar-refractivity contribution in [3.05, 3.63) is 0 Å². The Kier molecular flexibility index (Phi) is 2.80. The van der Waals surface area contributed by atoms with Crippen LogP contribution < -0.4 is 5.73 Å². The van der Waals surface area contributed by atoms with E-state index in [0.29, 0.717) is 0 Å². The summed E-state index contributed by atoms with van der Waals surface area (Å²) < 4.78 is 14.7. The summed E-state index contributed by atoms with van der Waals surface area (Å²) >= 11 is 0. The molecule has 4 atom stereocenters. The minimum Gasteiger partial charge on any atom is -0.386 e. The lowest BCUT2D eigenvalue weighted by molar-refractivity contribution is -0.200. The van der Waals surface area contributed by atoms with Crippen LogP contribution in [-0.2, 0) is 14.2 Å². The molecule has 1 rings (SSSR count). The number of hydrogen-bond acceptors (Lipinski definition) is 5. The van der Waals surface area contributed by atoms with Crippen molar-refractivity contribution >= 4 is 0 Å². The molecule has 4 unspecified atom stereocenters. The maximum atomic E-state index is 9.30. The third-order valence-corrected chi connectivity index (χ3v) is 1.72. The summed E-state index contributed by atoms with van der Waals surface area (Å²) in [7, 11) is 2.91. The lowest BCUT2D eigenvalue weighted by Gasteiger charge is -2.12. The van der Waals surface area contributed by atoms with Crippen molar-refractivity contribution in [3.63, 3.8) is 0 Å². The van der Waals surface area contributed by atoms with Crippen molar-refractivity contribution in [1.29, 1.82) is 0 Å². The van der Waals surface area contributed by atoms with E-state index in [9.17, 15) is 5.11 Å². The highest BCUT2D eigenvalue weighted by Gasteiger charge is 2.41. The van der Waals surface area contributed by atoms with E-state index in [1.54, 1.807) is 0 Å². The van der Waals surface area contributed by atoms with E-state index >= 15 is 0 Å². The molecule has 0 radical (unpaired) electrons. The molecule has 1 aliphatic heterocycles. The molecule has 0 aromatic rings. The summed E-state index contributed by atoms with van der Waals surface area (Å²) in [4.78, 5) is 0. The van der Waals surface area contributed by atoms with Gasteiger partial charge in [-0.05, 0) is 0 Å². The molecule has 66 valence electrons. The average molecular weight is 163 g/mol. The van der Waals surface area contributed by atoms with Crippen LogP contribution in [0.4, 0.5) is 0 Å². The van der Waals surface area contributed by atoms with E-state index in [1.807, 2.05) is 0 Å². The second kappa shape index (κ2) is 3.46. The number of ether oxygens (including phenoxy) is 3. The van der Waals surface area contributed by atoms with E-state index in [0.717, 1.165) is 0 Å². The topological polar surface area (TPSA) is 73.9 Å². The number of methoxy groups -OCH3 is 2. The van der Waals surface area contributed by atoms with E-state index in [4.69, 9.17) is 19.9 Å². The van der Waals surface area contributed by atoms with Gasteiger partial charge in [0.25, 0.3) is 0 Å². The van der Waals surface area contributed by atoms with E-state index in [-0.39, 0.29) is 0 Å². The maximum absolute atomic E-state index is 9.30. The molecule has 1 saturated heterocycles. The zero-order valence-electron chi connectivity index (χ0n) is 6.56. The fourth-order valence-electron chi connectivity index (χ4n) is 1.05. The van der Waals surface area contributed by atoms with Crippen LogP contribution in [0, 0.1) is 0 Å². The lowest BCUT2D eigenvalue weighted by atomic mass is 10.2. The van der Waals surface area contributed by atoms with Crippen molar-refractivity contribution in [2.75, 3.05) is 14.2 Å². The van der Waals surface area contributed by atoms with Gasteiger partial charge in [0.05, 0.1) is 6.04 Å². The van der Waals surface area contributed by atoms with Crippen LogP contribution in [-0.4, -0.2) is 44.1 Å². The van der Waals surface area contributed by atoms with Crippen LogP contribution in [0.5, 0.6) is 0 Å². The summed E-state index contributed by atoms with van der Waals surface area (Å²) in [6.45, 7) is 0. The molecule has 5 heteroatoms. The quantitative estimate of drug-likeness (QED) is 0.526. The van der Waals surface area contributed by atoms with E-state index < -0.39 is 24.7 Å². The van der Waals surface area contributed by atoms with Crippen LogP contribution in [0.2, 0.25) is 0 Å².